The number of rotatable bonds is 6. The van der Waals surface area contributed by atoms with Gasteiger partial charge in [-0.05, 0) is 33.1 Å². The Kier molecular flexibility index (Phi) is 4.14. The first-order chi connectivity index (χ1) is 11.7. The molecule has 7 heteroatoms. The molecule has 0 bridgehead atoms. The van der Waals surface area contributed by atoms with E-state index in [1.165, 1.54) is 12.8 Å². The number of hydrogen-bond donors (Lipinski definition) is 1. The third-order valence-corrected chi connectivity index (χ3v) is 5.13. The molecule has 3 heterocycles. The summed E-state index contributed by atoms with van der Waals surface area (Å²) in [5.41, 5.74) is 0. The number of nitrogens with zero attached hydrogens (tertiary/aromatic N) is 5. The molecule has 0 spiro atoms. The second kappa shape index (κ2) is 6.29. The standard InChI is InChI=1S/C17H26N6O/c1-11(2)23-7-6-18-15(23)10-22-9-13(24-3)8-14(22)17-19-16(20-21-17)12-4-5-12/h6-7,11-14H,4-5,8-10H2,1-3H3,(H,19,20,21)/t13-,14+/m1/s1. The molecule has 1 aliphatic heterocycles. The van der Waals surface area contributed by atoms with Crippen LogP contribution in [0.1, 0.15) is 68.6 Å². The van der Waals surface area contributed by atoms with E-state index in [1.807, 2.05) is 6.20 Å². The fraction of sp³-hybridized carbons (Fsp3) is 0.706. The van der Waals surface area contributed by atoms with Gasteiger partial charge in [0.25, 0.3) is 0 Å². The third-order valence-electron chi connectivity index (χ3n) is 5.13. The van der Waals surface area contributed by atoms with Crippen LogP contribution < -0.4 is 0 Å². The van der Waals surface area contributed by atoms with Gasteiger partial charge in [0.15, 0.2) is 5.82 Å². The second-order valence-corrected chi connectivity index (χ2v) is 7.24. The van der Waals surface area contributed by atoms with Crippen LogP contribution in [0.4, 0.5) is 0 Å². The van der Waals surface area contributed by atoms with E-state index in [2.05, 4.69) is 44.7 Å². The number of likely N-dealkylation sites (tertiary alicyclic amines) is 1. The number of hydrogen-bond acceptors (Lipinski definition) is 5. The Bertz CT molecular complexity index is 689. The summed E-state index contributed by atoms with van der Waals surface area (Å²) < 4.78 is 7.86. The molecule has 0 radical (unpaired) electrons. The van der Waals surface area contributed by atoms with Crippen molar-refractivity contribution < 1.29 is 4.74 Å². The van der Waals surface area contributed by atoms with Gasteiger partial charge in [-0.25, -0.2) is 9.97 Å². The molecular weight excluding hydrogens is 304 g/mol. The number of imidazole rings is 1. The summed E-state index contributed by atoms with van der Waals surface area (Å²) >= 11 is 0. The lowest BCUT2D eigenvalue weighted by atomic mass is 10.2. The number of H-pyrrole nitrogens is 1. The minimum absolute atomic E-state index is 0.215. The Hall–Kier alpha value is -1.73. The van der Waals surface area contributed by atoms with Gasteiger partial charge in [-0.3, -0.25) is 10.00 Å². The minimum atomic E-state index is 0.215. The average Bonchev–Trinajstić information content (AvgIpc) is 3.01. The van der Waals surface area contributed by atoms with Crippen LogP contribution in [0.2, 0.25) is 0 Å². The normalized spacial score (nSPS) is 25.0. The molecule has 0 aromatic carbocycles. The highest BCUT2D eigenvalue weighted by atomic mass is 16.5. The van der Waals surface area contributed by atoms with Crippen LogP contribution in [0.25, 0.3) is 0 Å². The number of aromatic nitrogens is 5. The minimum Gasteiger partial charge on any atom is -0.380 e. The van der Waals surface area contributed by atoms with E-state index < -0.39 is 0 Å². The summed E-state index contributed by atoms with van der Waals surface area (Å²) in [4.78, 5) is 11.7. The summed E-state index contributed by atoms with van der Waals surface area (Å²) in [6.45, 7) is 6.06. The second-order valence-electron chi connectivity index (χ2n) is 7.24. The maximum atomic E-state index is 5.63. The number of aromatic amines is 1. The molecule has 1 aliphatic carbocycles. The van der Waals surface area contributed by atoms with Crippen LogP contribution in [-0.4, -0.2) is 49.4 Å². The summed E-state index contributed by atoms with van der Waals surface area (Å²) in [6, 6.07) is 0.626. The predicted octanol–water partition coefficient (Wildman–Crippen LogP) is 2.42. The zero-order valence-corrected chi connectivity index (χ0v) is 14.6. The fourth-order valence-electron chi connectivity index (χ4n) is 3.57. The predicted molar refractivity (Wildman–Crippen MR) is 89.5 cm³/mol. The van der Waals surface area contributed by atoms with E-state index in [9.17, 15) is 0 Å². The summed E-state index contributed by atoms with van der Waals surface area (Å²) in [5, 5.41) is 7.60. The van der Waals surface area contributed by atoms with Crippen molar-refractivity contribution in [3.63, 3.8) is 0 Å². The van der Waals surface area contributed by atoms with Crippen molar-refractivity contribution >= 4 is 0 Å². The maximum absolute atomic E-state index is 5.63. The monoisotopic (exact) mass is 330 g/mol. The van der Waals surface area contributed by atoms with Crippen molar-refractivity contribution in [1.82, 2.24) is 29.6 Å². The lowest BCUT2D eigenvalue weighted by molar-refractivity contribution is 0.106. The topological polar surface area (TPSA) is 71.9 Å². The first kappa shape index (κ1) is 15.8. The number of nitrogens with one attached hydrogen (secondary N) is 1. The van der Waals surface area contributed by atoms with Gasteiger partial charge in [0, 0.05) is 38.0 Å². The van der Waals surface area contributed by atoms with Crippen LogP contribution in [0, 0.1) is 0 Å². The van der Waals surface area contributed by atoms with Gasteiger partial charge in [0.2, 0.25) is 0 Å². The zero-order valence-electron chi connectivity index (χ0n) is 14.6. The SMILES string of the molecule is CO[C@@H]1C[C@@H](c2nc(C3CC3)n[nH]2)N(Cc2nccn2C(C)C)C1. The molecule has 7 nitrogen and oxygen atoms in total. The lowest BCUT2D eigenvalue weighted by Crippen LogP contribution is -2.27. The van der Waals surface area contributed by atoms with Crippen LogP contribution >= 0.6 is 0 Å². The van der Waals surface area contributed by atoms with Crippen molar-refractivity contribution in [1.29, 1.82) is 0 Å². The Morgan fingerprint density at radius 1 is 1.38 bits per heavy atom. The van der Waals surface area contributed by atoms with E-state index in [0.29, 0.717) is 12.0 Å². The molecule has 2 aromatic heterocycles. The zero-order chi connectivity index (χ0) is 16.7. The smallest absolute Gasteiger partial charge is 0.153 e. The molecule has 2 atom stereocenters. The molecule has 2 aliphatic rings. The molecule has 130 valence electrons. The highest BCUT2D eigenvalue weighted by Gasteiger charge is 2.37. The van der Waals surface area contributed by atoms with E-state index in [-0.39, 0.29) is 12.1 Å². The van der Waals surface area contributed by atoms with Gasteiger partial charge >= 0.3 is 0 Å². The van der Waals surface area contributed by atoms with Crippen LogP contribution in [-0.2, 0) is 11.3 Å². The van der Waals surface area contributed by atoms with Crippen molar-refractivity contribution in [3.8, 4) is 0 Å². The van der Waals surface area contributed by atoms with E-state index in [4.69, 9.17) is 9.72 Å². The molecule has 2 aromatic rings. The van der Waals surface area contributed by atoms with E-state index in [1.54, 1.807) is 7.11 Å². The first-order valence-corrected chi connectivity index (χ1v) is 8.86. The van der Waals surface area contributed by atoms with Gasteiger partial charge in [0.1, 0.15) is 11.6 Å². The molecule has 4 rings (SSSR count). The average molecular weight is 330 g/mol. The largest absolute Gasteiger partial charge is 0.380 e. The van der Waals surface area contributed by atoms with Gasteiger partial charge < -0.3 is 9.30 Å². The first-order valence-electron chi connectivity index (χ1n) is 8.86. The molecular formula is C17H26N6O. The van der Waals surface area contributed by atoms with Gasteiger partial charge in [-0.1, -0.05) is 0 Å². The Labute approximate surface area is 142 Å². The molecule has 24 heavy (non-hydrogen) atoms. The number of ether oxygens (including phenoxy) is 1. The molecule has 1 saturated carbocycles. The molecule has 0 amide bonds. The van der Waals surface area contributed by atoms with Crippen LogP contribution in [0.3, 0.4) is 0 Å². The summed E-state index contributed by atoms with van der Waals surface area (Å²) in [5.74, 6) is 3.62. The van der Waals surface area contributed by atoms with Crippen LogP contribution in [0.15, 0.2) is 12.4 Å². The Morgan fingerprint density at radius 2 is 2.21 bits per heavy atom. The van der Waals surface area contributed by atoms with Crippen LogP contribution in [0.5, 0.6) is 0 Å². The van der Waals surface area contributed by atoms with Gasteiger partial charge in [0.05, 0.1) is 18.7 Å². The van der Waals surface area contributed by atoms with Crippen molar-refractivity contribution in [2.45, 2.75) is 63.8 Å². The highest BCUT2D eigenvalue weighted by molar-refractivity contribution is 5.09. The Balaban J connectivity index is 1.55. The maximum Gasteiger partial charge on any atom is 0.153 e. The molecule has 2 fully saturated rings. The van der Waals surface area contributed by atoms with Gasteiger partial charge in [-0.2, -0.15) is 5.10 Å². The number of methoxy groups -OCH3 is 1. The lowest BCUT2D eigenvalue weighted by Gasteiger charge is -2.23. The highest BCUT2D eigenvalue weighted by Crippen LogP contribution is 2.39. The summed E-state index contributed by atoms with van der Waals surface area (Å²) in [7, 11) is 1.79. The molecule has 1 saturated heterocycles. The van der Waals surface area contributed by atoms with Gasteiger partial charge in [-0.15, -0.1) is 0 Å². The molecule has 1 N–H and O–H groups in total. The molecule has 0 unspecified atom stereocenters. The van der Waals surface area contributed by atoms with Crippen molar-refractivity contribution in [3.05, 3.63) is 29.9 Å². The fourth-order valence-corrected chi connectivity index (χ4v) is 3.57. The van der Waals surface area contributed by atoms with E-state index >= 15 is 0 Å². The van der Waals surface area contributed by atoms with Crippen molar-refractivity contribution in [2.75, 3.05) is 13.7 Å². The summed E-state index contributed by atoms with van der Waals surface area (Å²) in [6.07, 6.45) is 7.55. The van der Waals surface area contributed by atoms with Crippen molar-refractivity contribution in [2.24, 2.45) is 0 Å². The Morgan fingerprint density at radius 3 is 2.92 bits per heavy atom. The quantitative estimate of drug-likeness (QED) is 0.881. The third kappa shape index (κ3) is 2.98. The van der Waals surface area contributed by atoms with E-state index in [0.717, 1.165) is 37.0 Å².